The third-order valence-corrected chi connectivity index (χ3v) is 5.06. The molecule has 2 aromatic heterocycles. The molecule has 6 nitrogen and oxygen atoms in total. The highest BCUT2D eigenvalue weighted by molar-refractivity contribution is 5.76. The van der Waals surface area contributed by atoms with Gasteiger partial charge >= 0.3 is 0 Å². The molecule has 1 aliphatic rings. The number of pyridine rings is 1. The highest BCUT2D eigenvalue weighted by Gasteiger charge is 2.25. The number of piperidine rings is 1. The van der Waals surface area contributed by atoms with Crippen molar-refractivity contribution in [3.05, 3.63) is 71.2 Å². The maximum Gasteiger partial charge on any atom is 0.252 e. The van der Waals surface area contributed by atoms with Crippen molar-refractivity contribution in [2.75, 3.05) is 18.0 Å². The summed E-state index contributed by atoms with van der Waals surface area (Å²) in [5, 5.41) is 4.27. The fourth-order valence-electron chi connectivity index (χ4n) is 3.74. The highest BCUT2D eigenvalue weighted by Crippen LogP contribution is 2.29. The second kappa shape index (κ2) is 7.94. The molecule has 144 valence electrons. The predicted molar refractivity (Wildman–Crippen MR) is 113 cm³/mol. The van der Waals surface area contributed by atoms with Gasteiger partial charge in [0.1, 0.15) is 5.65 Å². The molecule has 0 aliphatic carbocycles. The van der Waals surface area contributed by atoms with E-state index in [1.165, 1.54) is 0 Å². The van der Waals surface area contributed by atoms with Gasteiger partial charge in [0.25, 0.3) is 5.56 Å². The number of aromatic nitrogens is 3. The fraction of sp³-hybridized carbons (Fsp3) is 0.318. The Labute approximate surface area is 164 Å². The Kier molecular flexibility index (Phi) is 5.21. The molecule has 0 radical (unpaired) electrons. The zero-order chi connectivity index (χ0) is 19.5. The first-order valence-electron chi connectivity index (χ1n) is 9.69. The monoisotopic (exact) mass is 375 g/mol. The molecule has 0 amide bonds. The molecule has 28 heavy (non-hydrogen) atoms. The number of nitrogens with one attached hydrogen (secondary N) is 1. The number of hydrogen-bond donors (Lipinski definition) is 1. The Morgan fingerprint density at radius 1 is 1.21 bits per heavy atom. The van der Waals surface area contributed by atoms with Crippen LogP contribution in [0.2, 0.25) is 0 Å². The molecule has 1 saturated heterocycles. The van der Waals surface area contributed by atoms with Gasteiger partial charge in [0, 0.05) is 35.9 Å². The van der Waals surface area contributed by atoms with Gasteiger partial charge in [-0.15, -0.1) is 0 Å². The van der Waals surface area contributed by atoms with Crippen LogP contribution in [0, 0.1) is 0 Å². The van der Waals surface area contributed by atoms with Gasteiger partial charge in [-0.2, -0.15) is 4.98 Å². The van der Waals surface area contributed by atoms with E-state index >= 15 is 0 Å². The Morgan fingerprint density at radius 3 is 2.68 bits per heavy atom. The van der Waals surface area contributed by atoms with Crippen molar-refractivity contribution in [3.63, 3.8) is 0 Å². The van der Waals surface area contributed by atoms with E-state index in [4.69, 9.17) is 4.98 Å². The van der Waals surface area contributed by atoms with Crippen LogP contribution in [0.15, 0.2) is 65.6 Å². The third-order valence-electron chi connectivity index (χ3n) is 5.06. The van der Waals surface area contributed by atoms with E-state index in [9.17, 15) is 4.79 Å². The van der Waals surface area contributed by atoms with Crippen molar-refractivity contribution < 1.29 is 0 Å². The highest BCUT2D eigenvalue weighted by atomic mass is 16.1. The third kappa shape index (κ3) is 3.68. The Morgan fingerprint density at radius 2 is 1.96 bits per heavy atom. The van der Waals surface area contributed by atoms with Crippen LogP contribution in [0.4, 0.5) is 11.6 Å². The normalized spacial score (nSPS) is 14.9. The number of nitrogens with zero attached hydrogens (tertiary/aromatic N) is 4. The minimum Gasteiger partial charge on any atom is -0.317 e. The molecule has 1 aliphatic heterocycles. The minimum atomic E-state index is -0.0757. The van der Waals surface area contributed by atoms with Crippen LogP contribution in [-0.4, -0.2) is 33.7 Å². The van der Waals surface area contributed by atoms with Gasteiger partial charge in [-0.05, 0) is 51.1 Å². The van der Waals surface area contributed by atoms with Crippen LogP contribution in [0.1, 0.15) is 19.8 Å². The van der Waals surface area contributed by atoms with Crippen molar-refractivity contribution in [2.45, 2.75) is 32.4 Å². The molecule has 3 heterocycles. The lowest BCUT2D eigenvalue weighted by molar-refractivity contribution is 0.449. The number of rotatable bonds is 5. The number of allylic oxidation sites excluding steroid dienone is 1. The van der Waals surface area contributed by atoms with Crippen LogP contribution < -0.4 is 15.8 Å². The maximum absolute atomic E-state index is 12.5. The van der Waals surface area contributed by atoms with Gasteiger partial charge in [0.05, 0.1) is 0 Å². The summed E-state index contributed by atoms with van der Waals surface area (Å²) < 4.78 is 1.68. The summed E-state index contributed by atoms with van der Waals surface area (Å²) in [7, 11) is 0. The number of benzene rings is 1. The molecule has 0 saturated carbocycles. The largest absolute Gasteiger partial charge is 0.317 e. The van der Waals surface area contributed by atoms with Crippen LogP contribution in [-0.2, 0) is 6.54 Å². The second-order valence-electron chi connectivity index (χ2n) is 7.35. The van der Waals surface area contributed by atoms with Gasteiger partial charge in [0.15, 0.2) is 0 Å². The summed E-state index contributed by atoms with van der Waals surface area (Å²) in [5.74, 6) is 0.631. The summed E-state index contributed by atoms with van der Waals surface area (Å²) >= 11 is 0. The zero-order valence-electron chi connectivity index (χ0n) is 16.1. The number of hydrogen-bond acceptors (Lipinski definition) is 5. The van der Waals surface area contributed by atoms with Gasteiger partial charge in [-0.25, -0.2) is 4.98 Å². The molecular weight excluding hydrogens is 350 g/mol. The van der Waals surface area contributed by atoms with Crippen molar-refractivity contribution in [1.82, 2.24) is 19.9 Å². The first-order valence-corrected chi connectivity index (χ1v) is 9.69. The number of fused-ring (bicyclic) bond motifs is 1. The topological polar surface area (TPSA) is 63.1 Å². The molecule has 1 N–H and O–H groups in total. The van der Waals surface area contributed by atoms with Crippen LogP contribution in [0.3, 0.4) is 0 Å². The van der Waals surface area contributed by atoms with Crippen LogP contribution >= 0.6 is 0 Å². The smallest absolute Gasteiger partial charge is 0.252 e. The van der Waals surface area contributed by atoms with Gasteiger partial charge in [-0.3, -0.25) is 9.36 Å². The van der Waals surface area contributed by atoms with Gasteiger partial charge < -0.3 is 10.2 Å². The molecule has 0 unspecified atom stereocenters. The maximum atomic E-state index is 12.5. The molecule has 0 atom stereocenters. The van der Waals surface area contributed by atoms with Crippen molar-refractivity contribution in [3.8, 4) is 0 Å². The fourth-order valence-corrected chi connectivity index (χ4v) is 3.74. The van der Waals surface area contributed by atoms with E-state index in [0.717, 1.165) is 42.6 Å². The van der Waals surface area contributed by atoms with Crippen LogP contribution in [0.25, 0.3) is 11.0 Å². The number of anilines is 2. The average molecular weight is 375 g/mol. The van der Waals surface area contributed by atoms with Gasteiger partial charge in [0.2, 0.25) is 5.95 Å². The second-order valence-corrected chi connectivity index (χ2v) is 7.35. The van der Waals surface area contributed by atoms with Crippen LogP contribution in [0.5, 0.6) is 0 Å². The molecule has 6 heteroatoms. The summed E-state index contributed by atoms with van der Waals surface area (Å²) in [6, 6.07) is 13.9. The predicted octanol–water partition coefficient (Wildman–Crippen LogP) is 3.26. The van der Waals surface area contributed by atoms with Crippen molar-refractivity contribution >= 4 is 22.7 Å². The summed E-state index contributed by atoms with van der Waals surface area (Å²) in [6.07, 6.45) is 3.84. The quantitative estimate of drug-likeness (QED) is 0.694. The van der Waals surface area contributed by atoms with E-state index in [1.807, 2.05) is 31.3 Å². The van der Waals surface area contributed by atoms with Gasteiger partial charge in [-0.1, -0.05) is 30.4 Å². The van der Waals surface area contributed by atoms with Crippen molar-refractivity contribution in [1.29, 1.82) is 0 Å². The lowest BCUT2D eigenvalue weighted by atomic mass is 10.0. The average Bonchev–Trinajstić information content (AvgIpc) is 2.72. The Bertz CT molecular complexity index is 1040. The molecule has 3 aromatic rings. The molecule has 0 bridgehead atoms. The van der Waals surface area contributed by atoms with E-state index in [0.29, 0.717) is 24.2 Å². The van der Waals surface area contributed by atoms with E-state index < -0.39 is 0 Å². The molecule has 0 spiro atoms. The summed E-state index contributed by atoms with van der Waals surface area (Å²) in [6.45, 7) is 8.27. The molecule has 4 rings (SSSR count). The number of para-hydroxylation sites is 1. The van der Waals surface area contributed by atoms with E-state index in [-0.39, 0.29) is 5.56 Å². The van der Waals surface area contributed by atoms with E-state index in [2.05, 4.69) is 33.9 Å². The zero-order valence-corrected chi connectivity index (χ0v) is 16.1. The Hall–Kier alpha value is -2.99. The summed E-state index contributed by atoms with van der Waals surface area (Å²) in [5.41, 5.74) is 2.55. The van der Waals surface area contributed by atoms with E-state index in [1.54, 1.807) is 16.7 Å². The first-order chi connectivity index (χ1) is 13.6. The molecular formula is C22H25N5O. The first kappa shape index (κ1) is 18.4. The SMILES string of the molecule is C=C(C)Cn1c(=O)ccc2cnc(N(c3ccccc3)C3CCNCC3)nc21. The standard InChI is InChI=1S/C22H25N5O/c1-16(2)15-26-20(28)9-8-17-14-24-22(25-21(17)26)27(18-6-4-3-5-7-18)19-10-12-23-13-11-19/h3-9,14,19,23H,1,10-13,15H2,2H3. The minimum absolute atomic E-state index is 0.0757. The molecule has 1 fully saturated rings. The lowest BCUT2D eigenvalue weighted by Crippen LogP contribution is -2.41. The Balaban J connectivity index is 1.86. The summed E-state index contributed by atoms with van der Waals surface area (Å²) in [4.78, 5) is 24.2. The van der Waals surface area contributed by atoms with Crippen molar-refractivity contribution in [2.24, 2.45) is 0 Å². The molecule has 1 aromatic carbocycles. The lowest BCUT2D eigenvalue weighted by Gasteiger charge is -2.34.